The monoisotopic (exact) mass is 172 g/mol. The van der Waals surface area contributed by atoms with Crippen LogP contribution in [0.2, 0.25) is 0 Å². The summed E-state index contributed by atoms with van der Waals surface area (Å²) in [6.45, 7) is 2.06. The summed E-state index contributed by atoms with van der Waals surface area (Å²) in [5.41, 5.74) is 2.34. The maximum atomic E-state index is 4.35. The van der Waals surface area contributed by atoms with Gasteiger partial charge in [-0.25, -0.2) is 4.90 Å². The van der Waals surface area contributed by atoms with Gasteiger partial charge in [-0.05, 0) is 17.1 Å². The Morgan fingerprint density at radius 1 is 1.15 bits per heavy atom. The van der Waals surface area contributed by atoms with E-state index in [9.17, 15) is 0 Å². The van der Waals surface area contributed by atoms with Gasteiger partial charge in [-0.2, -0.15) is 0 Å². The summed E-state index contributed by atoms with van der Waals surface area (Å²) in [6, 6.07) is 10.2. The average molecular weight is 172 g/mol. The van der Waals surface area contributed by atoms with Crippen molar-refractivity contribution in [3.8, 4) is 0 Å². The highest BCUT2D eigenvalue weighted by Crippen LogP contribution is 2.11. The van der Waals surface area contributed by atoms with Crippen molar-refractivity contribution < 1.29 is 0 Å². The average Bonchev–Trinajstić information content (AvgIpc) is 2.49. The summed E-state index contributed by atoms with van der Waals surface area (Å²) < 4.78 is 0. The van der Waals surface area contributed by atoms with Crippen molar-refractivity contribution in [2.75, 3.05) is 7.05 Å². The summed E-state index contributed by atoms with van der Waals surface area (Å²) in [5, 5.41) is 0. The van der Waals surface area contributed by atoms with E-state index in [1.54, 1.807) is 0 Å². The van der Waals surface area contributed by atoms with Crippen molar-refractivity contribution in [3.05, 3.63) is 47.8 Å². The highest BCUT2D eigenvalue weighted by atomic mass is 15.2. The van der Waals surface area contributed by atoms with E-state index in [0.29, 0.717) is 0 Å². The molecule has 0 bridgehead atoms. The first-order valence-electron chi connectivity index (χ1n) is 4.33. The van der Waals surface area contributed by atoms with Crippen LogP contribution in [0.25, 0.3) is 0 Å². The molecule has 13 heavy (non-hydrogen) atoms. The molecule has 0 aliphatic carbocycles. The molecule has 1 aliphatic heterocycles. The van der Waals surface area contributed by atoms with Crippen LogP contribution >= 0.6 is 0 Å². The number of aliphatic imine (C=N–C) groups is 1. The summed E-state index contributed by atoms with van der Waals surface area (Å²) in [5.74, 6) is 1.03. The second-order valence-corrected chi connectivity index (χ2v) is 3.15. The lowest BCUT2D eigenvalue weighted by Crippen LogP contribution is -2.23. The molecule has 0 N–H and O–H groups in total. The smallest absolute Gasteiger partial charge is 0.227 e. The number of nitrogens with zero attached hydrogens (tertiary/aromatic N) is 2. The Morgan fingerprint density at radius 2 is 1.85 bits per heavy atom. The van der Waals surface area contributed by atoms with E-state index >= 15 is 0 Å². The van der Waals surface area contributed by atoms with E-state index in [4.69, 9.17) is 0 Å². The standard InChI is InChI=1S/C11H12N2/c1-9-8-12-11(13(9)2)10-6-4-3-5-7-10/h3-8H,1-2H3/q+1. The zero-order valence-corrected chi connectivity index (χ0v) is 7.86. The van der Waals surface area contributed by atoms with Gasteiger partial charge in [0, 0.05) is 6.92 Å². The van der Waals surface area contributed by atoms with Gasteiger partial charge in [-0.3, -0.25) is 0 Å². The van der Waals surface area contributed by atoms with E-state index in [2.05, 4.69) is 28.9 Å². The summed E-state index contributed by atoms with van der Waals surface area (Å²) in [6.07, 6.45) is 1.89. The molecule has 0 aromatic heterocycles. The first kappa shape index (κ1) is 8.05. The highest BCUT2D eigenvalue weighted by Gasteiger charge is 2.25. The third kappa shape index (κ3) is 1.35. The molecule has 2 heteroatoms. The Hall–Kier alpha value is -1.57. The maximum Gasteiger partial charge on any atom is 0.330 e. The molecule has 0 amide bonds. The van der Waals surface area contributed by atoms with Gasteiger partial charge in [-0.15, -0.1) is 0 Å². The summed E-state index contributed by atoms with van der Waals surface area (Å²) in [7, 11) is 2.03. The van der Waals surface area contributed by atoms with Crippen molar-refractivity contribution in [2.24, 2.45) is 0 Å². The Labute approximate surface area is 78.2 Å². The van der Waals surface area contributed by atoms with Gasteiger partial charge in [0.1, 0.15) is 5.70 Å². The Balaban J connectivity index is 2.32. The molecule has 65 valence electrons. The SMILES string of the molecule is CC1=C[N+]=C(c2ccccc2)N1C. The minimum Gasteiger partial charge on any atom is -0.227 e. The summed E-state index contributed by atoms with van der Waals surface area (Å²) >= 11 is 0. The van der Waals surface area contributed by atoms with E-state index in [-0.39, 0.29) is 0 Å². The second-order valence-electron chi connectivity index (χ2n) is 3.15. The molecule has 0 spiro atoms. The first-order valence-corrected chi connectivity index (χ1v) is 4.33. The topological polar surface area (TPSA) is 17.3 Å². The van der Waals surface area contributed by atoms with Crippen LogP contribution in [0.15, 0.2) is 42.2 Å². The fourth-order valence-electron chi connectivity index (χ4n) is 1.35. The number of rotatable bonds is 1. The van der Waals surface area contributed by atoms with Gasteiger partial charge in [0.2, 0.25) is 0 Å². The lowest BCUT2D eigenvalue weighted by atomic mass is 10.2. The van der Waals surface area contributed by atoms with Crippen LogP contribution < -0.4 is 4.99 Å². The normalized spacial score (nSPS) is 15.7. The Bertz CT molecular complexity index is 363. The predicted octanol–water partition coefficient (Wildman–Crippen LogP) is 1.58. The molecule has 2 nitrogen and oxygen atoms in total. The number of hydrogen-bond donors (Lipinski definition) is 0. The third-order valence-electron chi connectivity index (χ3n) is 2.25. The fraction of sp³-hybridized carbons (Fsp3) is 0.182. The minimum absolute atomic E-state index is 1.03. The number of amidine groups is 1. The molecule has 1 aromatic rings. The molecule has 0 unspecified atom stereocenters. The van der Waals surface area contributed by atoms with Gasteiger partial charge < -0.3 is 0 Å². The molecule has 1 aromatic carbocycles. The minimum atomic E-state index is 1.03. The number of hydrogen-bond acceptors (Lipinski definition) is 2. The lowest BCUT2D eigenvalue weighted by molar-refractivity contribution is 0.644. The fourth-order valence-corrected chi connectivity index (χ4v) is 1.35. The quantitative estimate of drug-likeness (QED) is 0.628. The van der Waals surface area contributed by atoms with Crippen molar-refractivity contribution in [2.45, 2.75) is 6.92 Å². The van der Waals surface area contributed by atoms with Crippen LogP contribution in [-0.2, 0) is 0 Å². The largest absolute Gasteiger partial charge is 0.330 e. The van der Waals surface area contributed by atoms with Crippen molar-refractivity contribution in [1.82, 2.24) is 9.89 Å². The molecule has 1 radical (unpaired) electrons. The first-order chi connectivity index (χ1) is 6.29. The van der Waals surface area contributed by atoms with E-state index in [0.717, 1.165) is 11.4 Å². The van der Waals surface area contributed by atoms with Gasteiger partial charge in [0.25, 0.3) is 0 Å². The molecule has 2 rings (SSSR count). The summed E-state index contributed by atoms with van der Waals surface area (Å²) in [4.78, 5) is 6.44. The van der Waals surface area contributed by atoms with Crippen molar-refractivity contribution >= 4 is 5.84 Å². The Kier molecular flexibility index (Phi) is 1.89. The van der Waals surface area contributed by atoms with Gasteiger partial charge in [0.05, 0.1) is 12.6 Å². The van der Waals surface area contributed by atoms with Crippen LogP contribution in [0.3, 0.4) is 0 Å². The van der Waals surface area contributed by atoms with Gasteiger partial charge in [-0.1, -0.05) is 18.2 Å². The lowest BCUT2D eigenvalue weighted by Gasteiger charge is -2.05. The van der Waals surface area contributed by atoms with Gasteiger partial charge in [0.15, 0.2) is 6.20 Å². The maximum absolute atomic E-state index is 4.35. The third-order valence-corrected chi connectivity index (χ3v) is 2.25. The molecule has 0 saturated carbocycles. The zero-order valence-electron chi connectivity index (χ0n) is 7.86. The molecule has 0 atom stereocenters. The number of allylic oxidation sites excluding steroid dienone is 1. The highest BCUT2D eigenvalue weighted by molar-refractivity contribution is 6.00. The van der Waals surface area contributed by atoms with Crippen LogP contribution in [0, 0.1) is 0 Å². The molecule has 1 aliphatic rings. The zero-order chi connectivity index (χ0) is 9.26. The molecule has 0 fully saturated rings. The molecular weight excluding hydrogens is 160 g/mol. The molecule has 0 saturated heterocycles. The van der Waals surface area contributed by atoms with Crippen LogP contribution in [0.5, 0.6) is 0 Å². The van der Waals surface area contributed by atoms with Crippen molar-refractivity contribution in [1.29, 1.82) is 0 Å². The van der Waals surface area contributed by atoms with E-state index in [1.165, 1.54) is 5.70 Å². The molecule has 1 heterocycles. The van der Waals surface area contributed by atoms with Gasteiger partial charge >= 0.3 is 5.84 Å². The van der Waals surface area contributed by atoms with Crippen molar-refractivity contribution in [3.63, 3.8) is 0 Å². The second kappa shape index (κ2) is 3.05. The van der Waals surface area contributed by atoms with Crippen LogP contribution in [0.1, 0.15) is 12.5 Å². The number of benzene rings is 1. The van der Waals surface area contributed by atoms with Crippen LogP contribution in [0.4, 0.5) is 0 Å². The molecular formula is C11H12N2+. The Morgan fingerprint density at radius 3 is 2.38 bits per heavy atom. The van der Waals surface area contributed by atoms with E-state index in [1.807, 2.05) is 31.4 Å². The predicted molar refractivity (Wildman–Crippen MR) is 54.2 cm³/mol. The van der Waals surface area contributed by atoms with E-state index < -0.39 is 0 Å². The van der Waals surface area contributed by atoms with Crippen LogP contribution in [-0.4, -0.2) is 17.8 Å².